The van der Waals surface area contributed by atoms with Crippen LogP contribution in [0.1, 0.15) is 12.0 Å². The summed E-state index contributed by atoms with van der Waals surface area (Å²) in [7, 11) is -0.991. The fraction of sp³-hybridized carbons (Fsp3) is 0.429. The molecular weight excluding hydrogens is 292 g/mol. The Morgan fingerprint density at radius 1 is 1.29 bits per heavy atom. The lowest BCUT2D eigenvalue weighted by molar-refractivity contribution is -0.139. The number of carboxylic acid groups (broad SMARTS) is 1. The zero-order chi connectivity index (χ0) is 15.7. The second-order valence-corrected chi connectivity index (χ2v) is 6.15. The lowest BCUT2D eigenvalue weighted by Crippen LogP contribution is -2.47. The van der Waals surface area contributed by atoms with Crippen molar-refractivity contribution < 1.29 is 18.9 Å². The number of urea groups is 1. The molecule has 116 valence electrons. The minimum atomic E-state index is -1.07. The molecule has 0 spiro atoms. The van der Waals surface area contributed by atoms with Gasteiger partial charge in [-0.1, -0.05) is 30.3 Å². The monoisotopic (exact) mass is 312 g/mol. The Morgan fingerprint density at radius 3 is 2.52 bits per heavy atom. The first-order valence-electron chi connectivity index (χ1n) is 6.60. The first-order chi connectivity index (χ1) is 9.99. The molecule has 2 amide bonds. The lowest BCUT2D eigenvalue weighted by atomic mass is 10.1. The van der Waals surface area contributed by atoms with E-state index in [2.05, 4.69) is 10.6 Å². The van der Waals surface area contributed by atoms with E-state index in [1.165, 1.54) is 0 Å². The van der Waals surface area contributed by atoms with Crippen LogP contribution in [0.3, 0.4) is 0 Å². The molecule has 7 heteroatoms. The van der Waals surface area contributed by atoms with Gasteiger partial charge in [0.25, 0.3) is 0 Å². The van der Waals surface area contributed by atoms with Crippen LogP contribution in [0.25, 0.3) is 0 Å². The van der Waals surface area contributed by atoms with Gasteiger partial charge in [0.2, 0.25) is 0 Å². The number of aryl methyl sites for hydroxylation is 1. The van der Waals surface area contributed by atoms with Crippen molar-refractivity contribution in [1.82, 2.24) is 10.6 Å². The topological polar surface area (TPSA) is 95.5 Å². The smallest absolute Gasteiger partial charge is 0.326 e. The normalized spacial score (nSPS) is 13.2. The zero-order valence-corrected chi connectivity index (χ0v) is 12.7. The molecule has 3 N–H and O–H groups in total. The molecule has 2 atom stereocenters. The van der Waals surface area contributed by atoms with Crippen molar-refractivity contribution in [2.75, 3.05) is 18.6 Å². The quantitative estimate of drug-likeness (QED) is 0.660. The minimum Gasteiger partial charge on any atom is -0.480 e. The maximum absolute atomic E-state index is 11.6. The number of rotatable bonds is 8. The molecule has 0 saturated heterocycles. The molecule has 0 aliphatic rings. The zero-order valence-electron chi connectivity index (χ0n) is 11.9. The molecule has 0 bridgehead atoms. The van der Waals surface area contributed by atoms with Gasteiger partial charge in [0, 0.05) is 29.4 Å². The van der Waals surface area contributed by atoms with Crippen LogP contribution >= 0.6 is 0 Å². The van der Waals surface area contributed by atoms with Crippen molar-refractivity contribution in [3.63, 3.8) is 0 Å². The van der Waals surface area contributed by atoms with Gasteiger partial charge in [-0.25, -0.2) is 9.59 Å². The maximum atomic E-state index is 11.6. The molecule has 1 rings (SSSR count). The fourth-order valence-electron chi connectivity index (χ4n) is 1.73. The number of hydrogen-bond acceptors (Lipinski definition) is 3. The predicted molar refractivity (Wildman–Crippen MR) is 81.7 cm³/mol. The summed E-state index contributed by atoms with van der Waals surface area (Å²) in [5.74, 6) is -0.727. The number of carbonyl (C=O) groups is 2. The van der Waals surface area contributed by atoms with E-state index in [1.807, 2.05) is 30.3 Å². The van der Waals surface area contributed by atoms with Crippen molar-refractivity contribution >= 4 is 22.8 Å². The molecule has 0 aromatic heterocycles. The third kappa shape index (κ3) is 7.45. The van der Waals surface area contributed by atoms with Crippen molar-refractivity contribution in [3.8, 4) is 0 Å². The number of hydrogen-bond donors (Lipinski definition) is 3. The van der Waals surface area contributed by atoms with Crippen molar-refractivity contribution in [1.29, 1.82) is 0 Å². The number of carbonyl (C=O) groups excluding carboxylic acids is 1. The fourth-order valence-corrected chi connectivity index (χ4v) is 2.12. The number of nitrogens with one attached hydrogen (secondary N) is 2. The molecule has 6 nitrogen and oxygen atoms in total. The van der Waals surface area contributed by atoms with Crippen molar-refractivity contribution in [2.45, 2.75) is 18.9 Å². The van der Waals surface area contributed by atoms with E-state index in [0.717, 1.165) is 5.56 Å². The summed E-state index contributed by atoms with van der Waals surface area (Å²) in [4.78, 5) is 22.7. The van der Waals surface area contributed by atoms with Gasteiger partial charge in [-0.3, -0.25) is 4.21 Å². The van der Waals surface area contributed by atoms with E-state index in [-0.39, 0.29) is 6.54 Å². The van der Waals surface area contributed by atoms with E-state index in [0.29, 0.717) is 18.6 Å². The van der Waals surface area contributed by atoms with E-state index in [4.69, 9.17) is 5.11 Å². The van der Waals surface area contributed by atoms with Crippen LogP contribution < -0.4 is 10.6 Å². The Morgan fingerprint density at radius 2 is 1.95 bits per heavy atom. The summed E-state index contributed by atoms with van der Waals surface area (Å²) in [6.45, 7) is 0.250. The first-order valence-corrected chi connectivity index (χ1v) is 8.33. The largest absolute Gasteiger partial charge is 0.480 e. The van der Waals surface area contributed by atoms with Gasteiger partial charge < -0.3 is 15.7 Å². The molecule has 1 unspecified atom stereocenters. The van der Waals surface area contributed by atoms with Crippen LogP contribution in [0, 0.1) is 0 Å². The lowest BCUT2D eigenvalue weighted by Gasteiger charge is -2.15. The second kappa shape index (κ2) is 9.12. The Hall–Kier alpha value is -1.89. The predicted octanol–water partition coefficient (Wildman–Crippen LogP) is 0.750. The highest BCUT2D eigenvalue weighted by atomic mass is 32.2. The molecular formula is C14H20N2O4S. The van der Waals surface area contributed by atoms with Crippen LogP contribution in [-0.4, -0.2) is 45.9 Å². The van der Waals surface area contributed by atoms with Gasteiger partial charge >= 0.3 is 12.0 Å². The SMILES string of the molecule is CS(=O)CCNC(=O)N[C@@H](CCc1ccccc1)C(=O)O. The summed E-state index contributed by atoms with van der Waals surface area (Å²) in [6, 6.07) is 7.98. The van der Waals surface area contributed by atoms with Gasteiger partial charge in [0.1, 0.15) is 6.04 Å². The van der Waals surface area contributed by atoms with Crippen molar-refractivity contribution in [3.05, 3.63) is 35.9 Å². The molecule has 1 aromatic rings. The highest BCUT2D eigenvalue weighted by Gasteiger charge is 2.19. The second-order valence-electron chi connectivity index (χ2n) is 4.59. The highest BCUT2D eigenvalue weighted by molar-refractivity contribution is 7.84. The average Bonchev–Trinajstić information content (AvgIpc) is 2.43. The highest BCUT2D eigenvalue weighted by Crippen LogP contribution is 2.05. The average molecular weight is 312 g/mol. The molecule has 0 radical (unpaired) electrons. The Labute approximate surface area is 126 Å². The summed E-state index contributed by atoms with van der Waals surface area (Å²) < 4.78 is 10.9. The van der Waals surface area contributed by atoms with Crippen molar-refractivity contribution in [2.24, 2.45) is 0 Å². The molecule has 0 aliphatic carbocycles. The Balaban J connectivity index is 2.41. The Bertz CT molecular complexity index is 493. The third-order valence-corrected chi connectivity index (χ3v) is 3.62. The van der Waals surface area contributed by atoms with Crippen LogP contribution in [0.2, 0.25) is 0 Å². The minimum absolute atomic E-state index is 0.250. The van der Waals surface area contributed by atoms with Gasteiger partial charge in [0.15, 0.2) is 0 Å². The summed E-state index contributed by atoms with van der Waals surface area (Å²) >= 11 is 0. The first kappa shape index (κ1) is 17.2. The maximum Gasteiger partial charge on any atom is 0.326 e. The standard InChI is InChI=1S/C14H20N2O4S/c1-21(20)10-9-15-14(19)16-12(13(17)18)8-7-11-5-3-2-4-6-11/h2-6,12H,7-10H2,1H3,(H,17,18)(H2,15,16,19)/t12-,21?/m0/s1. The van der Waals surface area contributed by atoms with Crippen LogP contribution in [0.4, 0.5) is 4.79 Å². The molecule has 21 heavy (non-hydrogen) atoms. The molecule has 1 aromatic carbocycles. The molecule has 0 saturated carbocycles. The van der Waals surface area contributed by atoms with Crippen LogP contribution in [0.5, 0.6) is 0 Å². The van der Waals surface area contributed by atoms with Crippen LogP contribution in [-0.2, 0) is 22.0 Å². The number of amides is 2. The van der Waals surface area contributed by atoms with E-state index in [9.17, 15) is 13.8 Å². The molecule has 0 aliphatic heterocycles. The van der Waals surface area contributed by atoms with Gasteiger partial charge in [-0.2, -0.15) is 0 Å². The van der Waals surface area contributed by atoms with E-state index < -0.39 is 28.8 Å². The number of carboxylic acids is 1. The number of aliphatic carboxylic acids is 1. The summed E-state index contributed by atoms with van der Waals surface area (Å²) in [5.41, 5.74) is 1.02. The summed E-state index contributed by atoms with van der Waals surface area (Å²) in [6.07, 6.45) is 2.42. The van der Waals surface area contributed by atoms with Gasteiger partial charge in [0.05, 0.1) is 0 Å². The molecule has 0 fully saturated rings. The van der Waals surface area contributed by atoms with Gasteiger partial charge in [-0.05, 0) is 18.4 Å². The third-order valence-electron chi connectivity index (χ3n) is 2.84. The van der Waals surface area contributed by atoms with Crippen LogP contribution in [0.15, 0.2) is 30.3 Å². The number of benzene rings is 1. The van der Waals surface area contributed by atoms with E-state index >= 15 is 0 Å². The van der Waals surface area contributed by atoms with E-state index in [1.54, 1.807) is 6.26 Å². The summed E-state index contributed by atoms with van der Waals surface area (Å²) in [5, 5.41) is 14.0. The Kier molecular flexibility index (Phi) is 7.45. The molecule has 0 heterocycles. The van der Waals surface area contributed by atoms with Gasteiger partial charge in [-0.15, -0.1) is 0 Å².